The van der Waals surface area contributed by atoms with Crippen molar-refractivity contribution in [1.82, 2.24) is 5.32 Å². The molecule has 1 aromatic carbocycles. The van der Waals surface area contributed by atoms with E-state index in [4.69, 9.17) is 6.42 Å². The minimum atomic E-state index is 0.547. The lowest BCUT2D eigenvalue weighted by molar-refractivity contribution is 0.479. The van der Waals surface area contributed by atoms with Gasteiger partial charge < -0.3 is 5.32 Å². The maximum atomic E-state index is 5.31. The van der Waals surface area contributed by atoms with Crippen molar-refractivity contribution < 1.29 is 0 Å². The first-order valence-corrected chi connectivity index (χ1v) is 6.90. The second-order valence-corrected chi connectivity index (χ2v) is 4.97. The number of hydrogen-bond acceptors (Lipinski definition) is 1. The SMILES string of the molecule is C#CCCCC(Cc1ccc(C)c(C)c1)NCC. The molecule has 1 atom stereocenters. The molecule has 0 amide bonds. The van der Waals surface area contributed by atoms with Crippen LogP contribution in [0.1, 0.15) is 42.9 Å². The Hall–Kier alpha value is -1.26. The molecule has 0 aromatic heterocycles. The van der Waals surface area contributed by atoms with Gasteiger partial charge in [-0.1, -0.05) is 25.1 Å². The zero-order valence-corrected chi connectivity index (χ0v) is 11.9. The second kappa shape index (κ2) is 7.95. The molecule has 98 valence electrons. The molecule has 0 saturated carbocycles. The Bertz CT molecular complexity index is 401. The molecular formula is C17H25N. The molecule has 0 fully saturated rings. The highest BCUT2D eigenvalue weighted by Crippen LogP contribution is 2.13. The van der Waals surface area contributed by atoms with Crippen molar-refractivity contribution >= 4 is 0 Å². The average Bonchev–Trinajstić information content (AvgIpc) is 2.34. The fourth-order valence-corrected chi connectivity index (χ4v) is 2.23. The van der Waals surface area contributed by atoms with Gasteiger partial charge in [-0.05, 0) is 56.3 Å². The van der Waals surface area contributed by atoms with Gasteiger partial charge in [0.1, 0.15) is 0 Å². The summed E-state index contributed by atoms with van der Waals surface area (Å²) in [5.74, 6) is 2.72. The van der Waals surface area contributed by atoms with Crippen LogP contribution in [0.5, 0.6) is 0 Å². The summed E-state index contributed by atoms with van der Waals surface area (Å²) in [5, 5.41) is 3.56. The van der Waals surface area contributed by atoms with Crippen molar-refractivity contribution in [2.45, 2.75) is 52.5 Å². The normalized spacial score (nSPS) is 12.1. The van der Waals surface area contributed by atoms with Gasteiger partial charge in [-0.3, -0.25) is 0 Å². The Morgan fingerprint density at radius 2 is 2.06 bits per heavy atom. The molecule has 0 heterocycles. The van der Waals surface area contributed by atoms with E-state index >= 15 is 0 Å². The summed E-state index contributed by atoms with van der Waals surface area (Å²) in [6.45, 7) is 7.52. The first-order chi connectivity index (χ1) is 8.67. The molecule has 18 heavy (non-hydrogen) atoms. The minimum Gasteiger partial charge on any atom is -0.314 e. The van der Waals surface area contributed by atoms with E-state index in [0.29, 0.717) is 6.04 Å². The minimum absolute atomic E-state index is 0.547. The fraction of sp³-hybridized carbons (Fsp3) is 0.529. The molecular weight excluding hydrogens is 218 g/mol. The van der Waals surface area contributed by atoms with Crippen LogP contribution in [0.2, 0.25) is 0 Å². The van der Waals surface area contributed by atoms with Crippen LogP contribution < -0.4 is 5.32 Å². The van der Waals surface area contributed by atoms with Crippen molar-refractivity contribution in [1.29, 1.82) is 0 Å². The van der Waals surface area contributed by atoms with E-state index in [-0.39, 0.29) is 0 Å². The Balaban J connectivity index is 2.58. The highest BCUT2D eigenvalue weighted by atomic mass is 14.9. The molecule has 0 saturated heterocycles. The first kappa shape index (κ1) is 14.8. The smallest absolute Gasteiger partial charge is 0.0108 e. The molecule has 0 aliphatic rings. The quantitative estimate of drug-likeness (QED) is 0.569. The highest BCUT2D eigenvalue weighted by Gasteiger charge is 2.08. The van der Waals surface area contributed by atoms with E-state index < -0.39 is 0 Å². The number of rotatable bonds is 7. The van der Waals surface area contributed by atoms with Crippen LogP contribution >= 0.6 is 0 Å². The maximum Gasteiger partial charge on any atom is 0.0108 e. The zero-order valence-electron chi connectivity index (χ0n) is 11.9. The van der Waals surface area contributed by atoms with Gasteiger partial charge in [0.15, 0.2) is 0 Å². The van der Waals surface area contributed by atoms with Crippen LogP contribution in [0, 0.1) is 26.2 Å². The molecule has 0 aliphatic heterocycles. The van der Waals surface area contributed by atoms with E-state index in [1.54, 1.807) is 0 Å². The Kier molecular flexibility index (Phi) is 6.54. The molecule has 1 nitrogen and oxygen atoms in total. The van der Waals surface area contributed by atoms with Crippen molar-refractivity contribution in [3.63, 3.8) is 0 Å². The van der Waals surface area contributed by atoms with Gasteiger partial charge in [-0.15, -0.1) is 12.3 Å². The number of unbranched alkanes of at least 4 members (excludes halogenated alkanes) is 1. The van der Waals surface area contributed by atoms with Gasteiger partial charge in [0.05, 0.1) is 0 Å². The van der Waals surface area contributed by atoms with Crippen LogP contribution in [-0.2, 0) is 6.42 Å². The molecule has 0 spiro atoms. The number of nitrogens with one attached hydrogen (secondary N) is 1. The summed E-state index contributed by atoms with van der Waals surface area (Å²) < 4.78 is 0. The van der Waals surface area contributed by atoms with Gasteiger partial charge in [-0.25, -0.2) is 0 Å². The predicted molar refractivity (Wildman–Crippen MR) is 79.8 cm³/mol. The number of benzene rings is 1. The average molecular weight is 243 g/mol. The molecule has 0 bridgehead atoms. The topological polar surface area (TPSA) is 12.0 Å². The molecule has 1 unspecified atom stereocenters. The third kappa shape index (κ3) is 4.94. The second-order valence-electron chi connectivity index (χ2n) is 4.97. The monoisotopic (exact) mass is 243 g/mol. The van der Waals surface area contributed by atoms with Gasteiger partial charge in [0.2, 0.25) is 0 Å². The lowest BCUT2D eigenvalue weighted by atomic mass is 9.98. The van der Waals surface area contributed by atoms with Gasteiger partial charge in [0.25, 0.3) is 0 Å². The molecule has 1 aromatic rings. The molecule has 1 heteroatoms. The summed E-state index contributed by atoms with van der Waals surface area (Å²) in [6, 6.07) is 7.31. The summed E-state index contributed by atoms with van der Waals surface area (Å²) in [7, 11) is 0. The third-order valence-electron chi connectivity index (χ3n) is 3.42. The third-order valence-corrected chi connectivity index (χ3v) is 3.42. The lowest BCUT2D eigenvalue weighted by Crippen LogP contribution is -2.30. The molecule has 1 rings (SSSR count). The molecule has 0 aliphatic carbocycles. The number of terminal acetylenes is 1. The molecule has 1 N–H and O–H groups in total. The standard InChI is InChI=1S/C17H25N/c1-5-7-8-9-17(18-6-2)13-16-11-10-14(3)15(4)12-16/h1,10-12,17-18H,6-9,13H2,2-4H3. The van der Waals surface area contributed by atoms with E-state index in [1.807, 2.05) is 0 Å². The van der Waals surface area contributed by atoms with E-state index in [1.165, 1.54) is 16.7 Å². The summed E-state index contributed by atoms with van der Waals surface area (Å²) in [4.78, 5) is 0. The van der Waals surface area contributed by atoms with Crippen LogP contribution in [0.4, 0.5) is 0 Å². The van der Waals surface area contributed by atoms with E-state index in [9.17, 15) is 0 Å². The first-order valence-electron chi connectivity index (χ1n) is 6.90. The summed E-state index contributed by atoms with van der Waals surface area (Å²) in [6.07, 6.45) is 9.56. The number of likely N-dealkylation sites (N-methyl/N-ethyl adjacent to an activating group) is 1. The van der Waals surface area contributed by atoms with Crippen molar-refractivity contribution in [3.8, 4) is 12.3 Å². The number of hydrogen-bond donors (Lipinski definition) is 1. The Morgan fingerprint density at radius 1 is 1.28 bits per heavy atom. The zero-order chi connectivity index (χ0) is 13.4. The maximum absolute atomic E-state index is 5.31. The van der Waals surface area contributed by atoms with Gasteiger partial charge in [0, 0.05) is 12.5 Å². The summed E-state index contributed by atoms with van der Waals surface area (Å²) in [5.41, 5.74) is 4.17. The van der Waals surface area contributed by atoms with E-state index in [0.717, 1.165) is 32.2 Å². The lowest BCUT2D eigenvalue weighted by Gasteiger charge is -2.18. The largest absolute Gasteiger partial charge is 0.314 e. The van der Waals surface area contributed by atoms with Crippen LogP contribution in [-0.4, -0.2) is 12.6 Å². The Labute approximate surface area is 112 Å². The predicted octanol–water partition coefficient (Wildman–Crippen LogP) is 3.63. The van der Waals surface area contributed by atoms with Crippen LogP contribution in [0.15, 0.2) is 18.2 Å². The highest BCUT2D eigenvalue weighted by molar-refractivity contribution is 5.30. The van der Waals surface area contributed by atoms with Crippen LogP contribution in [0.3, 0.4) is 0 Å². The summed E-state index contributed by atoms with van der Waals surface area (Å²) >= 11 is 0. The van der Waals surface area contributed by atoms with Crippen molar-refractivity contribution in [2.75, 3.05) is 6.54 Å². The van der Waals surface area contributed by atoms with Gasteiger partial charge in [-0.2, -0.15) is 0 Å². The van der Waals surface area contributed by atoms with Crippen molar-refractivity contribution in [3.05, 3.63) is 34.9 Å². The van der Waals surface area contributed by atoms with Crippen LogP contribution in [0.25, 0.3) is 0 Å². The fourth-order valence-electron chi connectivity index (χ4n) is 2.23. The van der Waals surface area contributed by atoms with Gasteiger partial charge >= 0.3 is 0 Å². The number of aryl methyl sites for hydroxylation is 2. The van der Waals surface area contributed by atoms with E-state index in [2.05, 4.69) is 50.2 Å². The molecule has 0 radical (unpaired) electrons. The van der Waals surface area contributed by atoms with Crippen molar-refractivity contribution in [2.24, 2.45) is 0 Å². The Morgan fingerprint density at radius 3 is 2.67 bits per heavy atom.